The Hall–Kier alpha value is -2.35. The number of carbonyl (C=O) groups is 2. The molecule has 0 aromatic carbocycles. The van der Waals surface area contributed by atoms with E-state index in [1.54, 1.807) is 19.9 Å². The monoisotopic (exact) mass is 236 g/mol. The van der Waals surface area contributed by atoms with E-state index in [9.17, 15) is 9.59 Å². The first kappa shape index (κ1) is 17.1. The van der Waals surface area contributed by atoms with Gasteiger partial charge in [0.15, 0.2) is 0 Å². The Kier molecular flexibility index (Phi) is 10.2. The van der Waals surface area contributed by atoms with Gasteiger partial charge >= 0.3 is 5.97 Å². The molecule has 17 heavy (non-hydrogen) atoms. The van der Waals surface area contributed by atoms with Crippen LogP contribution in [0.25, 0.3) is 0 Å². The molecule has 0 saturated heterocycles. The van der Waals surface area contributed by atoms with E-state index in [1.165, 1.54) is 19.4 Å². The first-order valence-corrected chi connectivity index (χ1v) is 4.61. The lowest BCUT2D eigenvalue weighted by molar-refractivity contribution is -0.136. The Labute approximate surface area is 101 Å². The van der Waals surface area contributed by atoms with Crippen molar-refractivity contribution < 1.29 is 14.3 Å². The van der Waals surface area contributed by atoms with Crippen LogP contribution in [0.4, 0.5) is 0 Å². The number of nitriles is 1. The van der Waals surface area contributed by atoms with Crippen molar-refractivity contribution in [3.05, 3.63) is 36.6 Å². The summed E-state index contributed by atoms with van der Waals surface area (Å²) in [5.74, 6) is -0.619. The Balaban J connectivity index is 0. The quantitative estimate of drug-likeness (QED) is 0.457. The molecule has 0 spiro atoms. The predicted molar refractivity (Wildman–Crippen MR) is 64.5 cm³/mol. The summed E-state index contributed by atoms with van der Waals surface area (Å²) in [6, 6.07) is 1.74. The van der Waals surface area contributed by atoms with Crippen LogP contribution < -0.4 is 5.32 Å². The fourth-order valence-corrected chi connectivity index (χ4v) is 0.452. The largest absolute Gasteiger partial charge is 0.466 e. The second kappa shape index (κ2) is 10.2. The number of amides is 1. The Bertz CT molecular complexity index is 376. The summed E-state index contributed by atoms with van der Waals surface area (Å²) in [7, 11) is 1.33. The highest BCUT2D eigenvalue weighted by Gasteiger charge is 1.95. The molecule has 0 unspecified atom stereocenters. The highest BCUT2D eigenvalue weighted by Crippen LogP contribution is 1.87. The molecule has 0 saturated carbocycles. The van der Waals surface area contributed by atoms with Crippen molar-refractivity contribution in [2.24, 2.45) is 0 Å². The minimum atomic E-state index is -0.347. The normalized spacial score (nSPS) is 8.35. The highest BCUT2D eigenvalue weighted by atomic mass is 16.5. The zero-order valence-electron chi connectivity index (χ0n) is 10.2. The van der Waals surface area contributed by atoms with Crippen LogP contribution in [-0.2, 0) is 14.3 Å². The molecule has 92 valence electrons. The van der Waals surface area contributed by atoms with Gasteiger partial charge in [0.05, 0.1) is 13.2 Å². The molecule has 0 aliphatic rings. The molecule has 0 radical (unpaired) electrons. The van der Waals surface area contributed by atoms with Gasteiger partial charge in [-0.1, -0.05) is 13.2 Å². The van der Waals surface area contributed by atoms with Crippen molar-refractivity contribution in [1.29, 1.82) is 5.26 Å². The third-order valence-electron chi connectivity index (χ3n) is 1.29. The molecule has 0 aliphatic carbocycles. The van der Waals surface area contributed by atoms with Gasteiger partial charge in [-0.2, -0.15) is 5.26 Å². The summed E-state index contributed by atoms with van der Waals surface area (Å²) in [6.45, 7) is 9.95. The molecule has 0 aromatic rings. The summed E-state index contributed by atoms with van der Waals surface area (Å²) in [4.78, 5) is 20.8. The first-order chi connectivity index (χ1) is 7.86. The molecule has 0 rings (SSSR count). The fourth-order valence-electron chi connectivity index (χ4n) is 0.452. The number of hydrogen-bond acceptors (Lipinski definition) is 4. The van der Waals surface area contributed by atoms with Gasteiger partial charge in [-0.15, -0.1) is 0 Å². The topological polar surface area (TPSA) is 79.2 Å². The molecule has 1 N–H and O–H groups in total. The van der Waals surface area contributed by atoms with Crippen molar-refractivity contribution in [3.63, 3.8) is 0 Å². The van der Waals surface area contributed by atoms with Crippen molar-refractivity contribution in [2.75, 3.05) is 7.11 Å². The lowest BCUT2D eigenvalue weighted by Crippen LogP contribution is -2.16. The average molecular weight is 236 g/mol. The zero-order valence-corrected chi connectivity index (χ0v) is 10.2. The van der Waals surface area contributed by atoms with Gasteiger partial charge in [-0.3, -0.25) is 4.79 Å². The number of ether oxygens (including phenoxy) is 1. The predicted octanol–water partition coefficient (Wildman–Crippen LogP) is 1.45. The number of methoxy groups -OCH3 is 1. The zero-order chi connectivity index (χ0) is 13.8. The first-order valence-electron chi connectivity index (χ1n) is 4.61. The SMILES string of the molecule is C=C(C)C(=O)NC=CC#N.C=C(C)C(=O)OC. The molecule has 1 amide bonds. The van der Waals surface area contributed by atoms with E-state index < -0.39 is 0 Å². The lowest BCUT2D eigenvalue weighted by Gasteiger charge is -1.94. The minimum absolute atomic E-state index is 0.272. The number of nitrogens with one attached hydrogen (secondary N) is 1. The van der Waals surface area contributed by atoms with Crippen LogP contribution in [0, 0.1) is 11.3 Å². The van der Waals surface area contributed by atoms with Crippen molar-refractivity contribution in [1.82, 2.24) is 5.32 Å². The van der Waals surface area contributed by atoms with Crippen molar-refractivity contribution in [3.8, 4) is 6.07 Å². The van der Waals surface area contributed by atoms with Crippen LogP contribution in [0.5, 0.6) is 0 Å². The number of hydrogen-bond donors (Lipinski definition) is 1. The van der Waals surface area contributed by atoms with E-state index in [-0.39, 0.29) is 11.9 Å². The molecule has 5 heteroatoms. The van der Waals surface area contributed by atoms with E-state index in [2.05, 4.69) is 23.2 Å². The van der Waals surface area contributed by atoms with Gasteiger partial charge in [0, 0.05) is 23.4 Å². The Morgan fingerprint density at radius 3 is 2.06 bits per heavy atom. The van der Waals surface area contributed by atoms with Crippen LogP contribution in [0.1, 0.15) is 13.8 Å². The van der Waals surface area contributed by atoms with E-state index in [0.717, 1.165) is 0 Å². The molecule has 0 atom stereocenters. The molecular weight excluding hydrogens is 220 g/mol. The summed E-state index contributed by atoms with van der Waals surface area (Å²) in [5.41, 5.74) is 0.852. The summed E-state index contributed by atoms with van der Waals surface area (Å²) in [6.07, 6.45) is 2.46. The van der Waals surface area contributed by atoms with Gasteiger partial charge in [0.2, 0.25) is 5.91 Å². The Morgan fingerprint density at radius 2 is 1.82 bits per heavy atom. The number of allylic oxidation sites excluding steroid dienone is 1. The van der Waals surface area contributed by atoms with Crippen LogP contribution in [0.3, 0.4) is 0 Å². The molecule has 0 heterocycles. The van der Waals surface area contributed by atoms with Crippen molar-refractivity contribution >= 4 is 11.9 Å². The molecule has 5 nitrogen and oxygen atoms in total. The number of esters is 1. The van der Waals surface area contributed by atoms with Crippen LogP contribution >= 0.6 is 0 Å². The molecule has 0 fully saturated rings. The Morgan fingerprint density at radius 1 is 1.29 bits per heavy atom. The van der Waals surface area contributed by atoms with E-state index in [0.29, 0.717) is 11.1 Å². The third-order valence-corrected chi connectivity index (χ3v) is 1.29. The van der Waals surface area contributed by atoms with E-state index >= 15 is 0 Å². The van der Waals surface area contributed by atoms with Gasteiger partial charge in [-0.05, 0) is 13.8 Å². The maximum Gasteiger partial charge on any atom is 0.332 e. The van der Waals surface area contributed by atoms with Gasteiger partial charge in [-0.25, -0.2) is 4.79 Å². The molecular formula is C12H16N2O3. The fraction of sp³-hybridized carbons (Fsp3) is 0.250. The number of nitrogens with zero attached hydrogens (tertiary/aromatic N) is 1. The maximum atomic E-state index is 10.6. The number of carbonyl (C=O) groups excluding carboxylic acids is 2. The van der Waals surface area contributed by atoms with Gasteiger partial charge < -0.3 is 10.1 Å². The van der Waals surface area contributed by atoms with Crippen LogP contribution in [-0.4, -0.2) is 19.0 Å². The maximum absolute atomic E-state index is 10.6. The molecule has 0 bridgehead atoms. The second-order valence-corrected chi connectivity index (χ2v) is 2.99. The lowest BCUT2D eigenvalue weighted by atomic mass is 10.3. The number of rotatable bonds is 3. The molecule has 0 aliphatic heterocycles. The van der Waals surface area contributed by atoms with E-state index in [1.807, 2.05) is 0 Å². The highest BCUT2D eigenvalue weighted by molar-refractivity contribution is 5.92. The summed E-state index contributed by atoms with van der Waals surface area (Å²) < 4.78 is 4.27. The summed E-state index contributed by atoms with van der Waals surface area (Å²) >= 11 is 0. The standard InChI is InChI=1S/C7H8N2O.C5H8O2/c1-6(2)7(10)9-5-3-4-8;1-4(2)5(6)7-3/h3,5H,1H2,2H3,(H,9,10);1H2,2-3H3. The average Bonchev–Trinajstić information content (AvgIpc) is 2.28. The van der Waals surface area contributed by atoms with E-state index in [4.69, 9.17) is 5.26 Å². The molecule has 0 aromatic heterocycles. The van der Waals surface area contributed by atoms with Gasteiger partial charge in [0.1, 0.15) is 0 Å². The smallest absolute Gasteiger partial charge is 0.332 e. The second-order valence-electron chi connectivity index (χ2n) is 2.99. The van der Waals surface area contributed by atoms with Crippen molar-refractivity contribution in [2.45, 2.75) is 13.8 Å². The third kappa shape index (κ3) is 11.6. The van der Waals surface area contributed by atoms with Crippen LogP contribution in [0.15, 0.2) is 36.6 Å². The van der Waals surface area contributed by atoms with Crippen LogP contribution in [0.2, 0.25) is 0 Å². The minimum Gasteiger partial charge on any atom is -0.466 e. The summed E-state index contributed by atoms with van der Waals surface area (Å²) in [5, 5.41) is 10.3. The van der Waals surface area contributed by atoms with Gasteiger partial charge in [0.25, 0.3) is 0 Å².